The molecule has 27 heavy (non-hydrogen) atoms. The minimum atomic E-state index is 0.452. The van der Waals surface area contributed by atoms with Crippen LogP contribution in [-0.4, -0.2) is 29.1 Å². The lowest BCUT2D eigenvalue weighted by molar-refractivity contribution is 0.294. The fraction of sp³-hybridized carbons (Fsp3) is 0.550. The van der Waals surface area contributed by atoms with Gasteiger partial charge in [0.15, 0.2) is 5.96 Å². The standard InChI is InChI=1S/C20H31N5OS/c1-5-7-11-26-19-16(9-8-10-22-19)12-23-20(21-6-2)24-13-18-25-17(14-27-18)15(3)4/h8-10,14-15H,5-7,11-13H2,1-4H3,(H2,21,23,24). The van der Waals surface area contributed by atoms with E-state index in [1.165, 1.54) is 0 Å². The van der Waals surface area contributed by atoms with E-state index in [-0.39, 0.29) is 0 Å². The Kier molecular flexibility index (Phi) is 9.04. The zero-order chi connectivity index (χ0) is 19.5. The first-order valence-electron chi connectivity index (χ1n) is 9.67. The fourth-order valence-electron chi connectivity index (χ4n) is 2.32. The average Bonchev–Trinajstić information content (AvgIpc) is 3.14. The third kappa shape index (κ3) is 7.17. The van der Waals surface area contributed by atoms with E-state index < -0.39 is 0 Å². The minimum absolute atomic E-state index is 0.452. The van der Waals surface area contributed by atoms with Crippen molar-refractivity contribution in [3.8, 4) is 5.88 Å². The number of ether oxygens (including phenoxy) is 1. The van der Waals surface area contributed by atoms with Crippen LogP contribution in [0, 0.1) is 0 Å². The number of rotatable bonds is 10. The highest BCUT2D eigenvalue weighted by molar-refractivity contribution is 7.09. The molecule has 7 heteroatoms. The van der Waals surface area contributed by atoms with Crippen LogP contribution in [0.5, 0.6) is 5.88 Å². The molecule has 2 aromatic heterocycles. The highest BCUT2D eigenvalue weighted by Crippen LogP contribution is 2.18. The summed E-state index contributed by atoms with van der Waals surface area (Å²) in [6.07, 6.45) is 3.88. The summed E-state index contributed by atoms with van der Waals surface area (Å²) in [6, 6.07) is 3.93. The van der Waals surface area contributed by atoms with Gasteiger partial charge in [-0.05, 0) is 25.3 Å². The molecule has 2 N–H and O–H groups in total. The molecule has 148 valence electrons. The molecule has 2 heterocycles. The average molecular weight is 390 g/mol. The first-order chi connectivity index (χ1) is 13.1. The molecule has 0 aliphatic heterocycles. The maximum Gasteiger partial charge on any atom is 0.218 e. The molecule has 0 atom stereocenters. The summed E-state index contributed by atoms with van der Waals surface area (Å²) in [5.41, 5.74) is 2.13. The quantitative estimate of drug-likeness (QED) is 0.364. The molecule has 0 bridgehead atoms. The zero-order valence-electron chi connectivity index (χ0n) is 16.8. The van der Waals surface area contributed by atoms with E-state index in [4.69, 9.17) is 4.74 Å². The number of hydrogen-bond acceptors (Lipinski definition) is 5. The van der Waals surface area contributed by atoms with Gasteiger partial charge in [-0.3, -0.25) is 0 Å². The van der Waals surface area contributed by atoms with Crippen LogP contribution in [0.3, 0.4) is 0 Å². The van der Waals surface area contributed by atoms with Crippen molar-refractivity contribution in [2.75, 3.05) is 13.2 Å². The van der Waals surface area contributed by atoms with Crippen LogP contribution < -0.4 is 15.4 Å². The van der Waals surface area contributed by atoms with Crippen LogP contribution in [-0.2, 0) is 13.1 Å². The Morgan fingerprint density at radius 1 is 1.30 bits per heavy atom. The number of unbranched alkanes of at least 4 members (excludes halogenated alkanes) is 1. The number of aliphatic imine (C=N–C) groups is 1. The van der Waals surface area contributed by atoms with Gasteiger partial charge in [-0.25, -0.2) is 15.0 Å². The Balaban J connectivity index is 1.98. The summed E-state index contributed by atoms with van der Waals surface area (Å²) < 4.78 is 5.79. The van der Waals surface area contributed by atoms with Crippen molar-refractivity contribution < 1.29 is 4.74 Å². The maximum atomic E-state index is 5.79. The van der Waals surface area contributed by atoms with E-state index in [0.29, 0.717) is 31.5 Å². The molecule has 0 amide bonds. The van der Waals surface area contributed by atoms with Crippen LogP contribution in [0.25, 0.3) is 0 Å². The Bertz CT molecular complexity index is 714. The molecule has 0 aromatic carbocycles. The van der Waals surface area contributed by atoms with E-state index in [2.05, 4.69) is 58.7 Å². The summed E-state index contributed by atoms with van der Waals surface area (Å²) >= 11 is 1.68. The van der Waals surface area contributed by atoms with Crippen LogP contribution >= 0.6 is 11.3 Å². The second-order valence-electron chi connectivity index (χ2n) is 6.54. The molecule has 0 saturated heterocycles. The molecule has 6 nitrogen and oxygen atoms in total. The molecule has 0 radical (unpaired) electrons. The van der Waals surface area contributed by atoms with Gasteiger partial charge in [0.2, 0.25) is 5.88 Å². The Morgan fingerprint density at radius 3 is 2.85 bits per heavy atom. The first kappa shape index (κ1) is 21.2. The lowest BCUT2D eigenvalue weighted by Gasteiger charge is -2.11. The van der Waals surface area contributed by atoms with Gasteiger partial charge in [-0.1, -0.05) is 33.3 Å². The Labute approximate surface area is 166 Å². The van der Waals surface area contributed by atoms with Crippen molar-refractivity contribution in [2.45, 2.75) is 59.5 Å². The van der Waals surface area contributed by atoms with Crippen LogP contribution in [0.2, 0.25) is 0 Å². The summed E-state index contributed by atoms with van der Waals surface area (Å²) in [7, 11) is 0. The van der Waals surface area contributed by atoms with Gasteiger partial charge in [0, 0.05) is 23.7 Å². The molecule has 2 rings (SSSR count). The number of aromatic nitrogens is 2. The van der Waals surface area contributed by atoms with Crippen molar-refractivity contribution in [2.24, 2.45) is 4.99 Å². The third-order valence-electron chi connectivity index (χ3n) is 3.91. The van der Waals surface area contributed by atoms with Gasteiger partial charge in [0.05, 0.1) is 25.4 Å². The van der Waals surface area contributed by atoms with Crippen molar-refractivity contribution in [3.05, 3.63) is 40.0 Å². The van der Waals surface area contributed by atoms with E-state index >= 15 is 0 Å². The van der Waals surface area contributed by atoms with E-state index in [9.17, 15) is 0 Å². The number of guanidine groups is 1. The number of hydrogen-bond donors (Lipinski definition) is 2. The van der Waals surface area contributed by atoms with Crippen LogP contribution in [0.15, 0.2) is 28.7 Å². The number of thiazole rings is 1. The highest BCUT2D eigenvalue weighted by atomic mass is 32.1. The molecular weight excluding hydrogens is 358 g/mol. The summed E-state index contributed by atoms with van der Waals surface area (Å²) in [5.74, 6) is 1.89. The summed E-state index contributed by atoms with van der Waals surface area (Å²) in [6.45, 7) is 11.2. The first-order valence-corrected chi connectivity index (χ1v) is 10.5. The highest BCUT2D eigenvalue weighted by Gasteiger charge is 2.08. The second-order valence-corrected chi connectivity index (χ2v) is 7.48. The molecule has 0 saturated carbocycles. The van der Waals surface area contributed by atoms with Crippen molar-refractivity contribution >= 4 is 17.3 Å². The molecule has 0 aliphatic rings. The molecule has 0 unspecified atom stereocenters. The summed E-state index contributed by atoms with van der Waals surface area (Å²) in [4.78, 5) is 13.7. The third-order valence-corrected chi connectivity index (χ3v) is 4.77. The molecule has 0 fully saturated rings. The summed E-state index contributed by atoms with van der Waals surface area (Å²) in [5, 5.41) is 9.83. The zero-order valence-corrected chi connectivity index (χ0v) is 17.6. The van der Waals surface area contributed by atoms with E-state index in [1.807, 2.05) is 12.1 Å². The van der Waals surface area contributed by atoms with Gasteiger partial charge < -0.3 is 15.4 Å². The fourth-order valence-corrected chi connectivity index (χ4v) is 3.22. The minimum Gasteiger partial charge on any atom is -0.477 e. The van der Waals surface area contributed by atoms with Gasteiger partial charge in [-0.15, -0.1) is 11.3 Å². The van der Waals surface area contributed by atoms with Crippen molar-refractivity contribution in [1.82, 2.24) is 20.6 Å². The predicted octanol–water partition coefficient (Wildman–Crippen LogP) is 4.10. The van der Waals surface area contributed by atoms with E-state index in [1.54, 1.807) is 17.5 Å². The molecule has 0 spiro atoms. The van der Waals surface area contributed by atoms with Gasteiger partial charge >= 0.3 is 0 Å². The van der Waals surface area contributed by atoms with Gasteiger partial charge in [-0.2, -0.15) is 0 Å². The predicted molar refractivity (Wildman–Crippen MR) is 112 cm³/mol. The lowest BCUT2D eigenvalue weighted by Crippen LogP contribution is -2.36. The molecular formula is C20H31N5OS. The van der Waals surface area contributed by atoms with E-state index in [0.717, 1.165) is 41.6 Å². The maximum absolute atomic E-state index is 5.79. The Hall–Kier alpha value is -2.15. The molecule has 0 aliphatic carbocycles. The Morgan fingerprint density at radius 2 is 2.15 bits per heavy atom. The number of nitrogens with one attached hydrogen (secondary N) is 2. The number of pyridine rings is 1. The van der Waals surface area contributed by atoms with Crippen molar-refractivity contribution in [3.63, 3.8) is 0 Å². The van der Waals surface area contributed by atoms with Gasteiger partial charge in [0.25, 0.3) is 0 Å². The number of nitrogens with zero attached hydrogens (tertiary/aromatic N) is 3. The SMILES string of the molecule is CCCCOc1ncccc1CN=C(NCC)NCc1nc(C(C)C)cs1. The van der Waals surface area contributed by atoms with Crippen LogP contribution in [0.1, 0.15) is 62.7 Å². The smallest absolute Gasteiger partial charge is 0.218 e. The lowest BCUT2D eigenvalue weighted by atomic mass is 10.2. The van der Waals surface area contributed by atoms with Crippen LogP contribution in [0.4, 0.5) is 0 Å². The largest absolute Gasteiger partial charge is 0.477 e. The monoisotopic (exact) mass is 389 g/mol. The van der Waals surface area contributed by atoms with Crippen molar-refractivity contribution in [1.29, 1.82) is 0 Å². The van der Waals surface area contributed by atoms with Gasteiger partial charge in [0.1, 0.15) is 5.01 Å². The molecule has 2 aromatic rings. The second kappa shape index (κ2) is 11.5. The normalized spacial score (nSPS) is 11.7. The topological polar surface area (TPSA) is 71.4 Å².